The highest BCUT2D eigenvalue weighted by molar-refractivity contribution is 5.77. The van der Waals surface area contributed by atoms with Crippen LogP contribution in [0.4, 0.5) is 5.69 Å². The van der Waals surface area contributed by atoms with Gasteiger partial charge in [-0.05, 0) is 38.5 Å². The van der Waals surface area contributed by atoms with Crippen molar-refractivity contribution in [2.75, 3.05) is 18.4 Å². The largest absolute Gasteiger partial charge is 0.441 e. The van der Waals surface area contributed by atoms with Crippen molar-refractivity contribution in [3.05, 3.63) is 24.1 Å². The first-order valence-corrected chi connectivity index (χ1v) is 6.99. The quantitative estimate of drug-likeness (QED) is 0.920. The number of oxazole rings is 1. The van der Waals surface area contributed by atoms with Crippen molar-refractivity contribution < 1.29 is 4.42 Å². The third-order valence-electron chi connectivity index (χ3n) is 3.82. The van der Waals surface area contributed by atoms with Crippen LogP contribution in [0.3, 0.4) is 0 Å². The summed E-state index contributed by atoms with van der Waals surface area (Å²) in [6, 6.07) is 7.31. The lowest BCUT2D eigenvalue weighted by Crippen LogP contribution is -2.31. The van der Waals surface area contributed by atoms with Gasteiger partial charge >= 0.3 is 0 Å². The Labute approximate surface area is 113 Å². The number of benzene rings is 1. The summed E-state index contributed by atoms with van der Waals surface area (Å²) in [7, 11) is 0. The molecule has 1 saturated heterocycles. The van der Waals surface area contributed by atoms with Crippen LogP contribution in [0, 0.1) is 6.92 Å². The molecule has 1 aromatic heterocycles. The number of likely N-dealkylation sites (tertiary alicyclic amines) is 1. The maximum absolute atomic E-state index is 5.49. The van der Waals surface area contributed by atoms with Gasteiger partial charge in [0.05, 0.1) is 0 Å². The third-order valence-corrected chi connectivity index (χ3v) is 3.82. The zero-order valence-electron chi connectivity index (χ0n) is 11.8. The van der Waals surface area contributed by atoms with Gasteiger partial charge in [-0.1, -0.05) is 0 Å². The van der Waals surface area contributed by atoms with Crippen LogP contribution in [-0.4, -0.2) is 35.1 Å². The van der Waals surface area contributed by atoms with Gasteiger partial charge in [0.1, 0.15) is 5.52 Å². The monoisotopic (exact) mass is 259 g/mol. The van der Waals surface area contributed by atoms with Crippen LogP contribution >= 0.6 is 0 Å². The zero-order chi connectivity index (χ0) is 13.4. The molecule has 1 N–H and O–H groups in total. The number of nitrogens with one attached hydrogen (secondary N) is 1. The van der Waals surface area contributed by atoms with Gasteiger partial charge < -0.3 is 9.73 Å². The molecule has 2 heterocycles. The van der Waals surface area contributed by atoms with Crippen molar-refractivity contribution in [1.82, 2.24) is 9.88 Å². The van der Waals surface area contributed by atoms with Crippen molar-refractivity contribution >= 4 is 16.8 Å². The second-order valence-corrected chi connectivity index (χ2v) is 5.63. The molecule has 4 heteroatoms. The number of nitrogens with zero attached hydrogens (tertiary/aromatic N) is 2. The summed E-state index contributed by atoms with van der Waals surface area (Å²) < 4.78 is 5.49. The van der Waals surface area contributed by atoms with Crippen LogP contribution in [0.25, 0.3) is 11.1 Å². The van der Waals surface area contributed by atoms with E-state index in [9.17, 15) is 0 Å². The minimum Gasteiger partial charge on any atom is -0.441 e. The van der Waals surface area contributed by atoms with Crippen molar-refractivity contribution in [3.8, 4) is 0 Å². The van der Waals surface area contributed by atoms with Crippen molar-refractivity contribution in [1.29, 1.82) is 0 Å². The molecule has 0 amide bonds. The molecule has 0 aliphatic carbocycles. The summed E-state index contributed by atoms with van der Waals surface area (Å²) in [5.41, 5.74) is 2.93. The first-order chi connectivity index (χ1) is 9.11. The van der Waals surface area contributed by atoms with Crippen LogP contribution < -0.4 is 5.32 Å². The van der Waals surface area contributed by atoms with E-state index in [-0.39, 0.29) is 0 Å². The van der Waals surface area contributed by atoms with E-state index in [0.29, 0.717) is 12.1 Å². The lowest BCUT2D eigenvalue weighted by molar-refractivity contribution is 0.274. The molecule has 0 saturated carbocycles. The Morgan fingerprint density at radius 2 is 2.26 bits per heavy atom. The van der Waals surface area contributed by atoms with E-state index < -0.39 is 0 Å². The fraction of sp³-hybridized carbons (Fsp3) is 0.533. The molecule has 4 nitrogen and oxygen atoms in total. The van der Waals surface area contributed by atoms with Gasteiger partial charge in [-0.3, -0.25) is 4.90 Å². The number of anilines is 1. The number of fused-ring (bicyclic) bond motifs is 1. The van der Waals surface area contributed by atoms with Gasteiger partial charge in [-0.15, -0.1) is 0 Å². The van der Waals surface area contributed by atoms with E-state index in [2.05, 4.69) is 41.2 Å². The van der Waals surface area contributed by atoms with Gasteiger partial charge in [0, 0.05) is 37.8 Å². The smallest absolute Gasteiger partial charge is 0.192 e. The number of hydrogen-bond donors (Lipinski definition) is 1. The average molecular weight is 259 g/mol. The summed E-state index contributed by atoms with van der Waals surface area (Å²) >= 11 is 0. The Bertz CT molecular complexity index is 576. The summed E-state index contributed by atoms with van der Waals surface area (Å²) in [5, 5.41) is 3.60. The molecule has 19 heavy (non-hydrogen) atoms. The first-order valence-electron chi connectivity index (χ1n) is 6.99. The summed E-state index contributed by atoms with van der Waals surface area (Å²) in [5.74, 6) is 0.721. The van der Waals surface area contributed by atoms with Crippen molar-refractivity contribution in [2.24, 2.45) is 0 Å². The Hall–Kier alpha value is -1.55. The van der Waals surface area contributed by atoms with Gasteiger partial charge in [0.25, 0.3) is 0 Å². The Morgan fingerprint density at radius 3 is 3.00 bits per heavy atom. The van der Waals surface area contributed by atoms with Crippen molar-refractivity contribution in [3.63, 3.8) is 0 Å². The minimum atomic E-state index is 0.535. The molecule has 0 bridgehead atoms. The molecule has 1 aliphatic rings. The van der Waals surface area contributed by atoms with Gasteiger partial charge in [-0.2, -0.15) is 0 Å². The second-order valence-electron chi connectivity index (χ2n) is 5.63. The topological polar surface area (TPSA) is 41.3 Å². The van der Waals surface area contributed by atoms with E-state index in [4.69, 9.17) is 4.42 Å². The third kappa shape index (κ3) is 2.59. The highest BCUT2D eigenvalue weighted by atomic mass is 16.3. The lowest BCUT2D eigenvalue weighted by Gasteiger charge is -2.20. The van der Waals surface area contributed by atoms with Crippen LogP contribution in [0.2, 0.25) is 0 Å². The van der Waals surface area contributed by atoms with Gasteiger partial charge in [0.15, 0.2) is 11.5 Å². The molecule has 1 fully saturated rings. The van der Waals surface area contributed by atoms with E-state index in [1.165, 1.54) is 13.0 Å². The van der Waals surface area contributed by atoms with Crippen molar-refractivity contribution in [2.45, 2.75) is 39.3 Å². The van der Waals surface area contributed by atoms with Crippen LogP contribution in [0.1, 0.15) is 26.2 Å². The van der Waals surface area contributed by atoms with Crippen LogP contribution in [0.5, 0.6) is 0 Å². The maximum atomic E-state index is 5.49. The van der Waals surface area contributed by atoms with E-state index >= 15 is 0 Å². The summed E-state index contributed by atoms with van der Waals surface area (Å²) in [4.78, 5) is 6.88. The molecule has 0 radical (unpaired) electrons. The zero-order valence-corrected chi connectivity index (χ0v) is 11.8. The number of rotatable bonds is 3. The fourth-order valence-electron chi connectivity index (χ4n) is 2.74. The summed E-state index contributed by atoms with van der Waals surface area (Å²) in [6.45, 7) is 8.69. The molecule has 0 spiro atoms. The van der Waals surface area contributed by atoms with Gasteiger partial charge in [0.2, 0.25) is 0 Å². The SMILES string of the molecule is Cc1nc2cc(NC3CCN(C(C)C)C3)ccc2o1. The van der Waals surface area contributed by atoms with Crippen LogP contribution in [0.15, 0.2) is 22.6 Å². The maximum Gasteiger partial charge on any atom is 0.192 e. The molecule has 1 aromatic carbocycles. The highest BCUT2D eigenvalue weighted by Crippen LogP contribution is 2.22. The number of hydrogen-bond acceptors (Lipinski definition) is 4. The molecule has 3 rings (SSSR count). The molecular weight excluding hydrogens is 238 g/mol. The molecule has 1 atom stereocenters. The van der Waals surface area contributed by atoms with Crippen LogP contribution in [-0.2, 0) is 0 Å². The van der Waals surface area contributed by atoms with E-state index in [1.807, 2.05) is 13.0 Å². The average Bonchev–Trinajstić information content (AvgIpc) is 2.94. The van der Waals surface area contributed by atoms with E-state index in [0.717, 1.165) is 29.2 Å². The molecule has 1 aliphatic heterocycles. The highest BCUT2D eigenvalue weighted by Gasteiger charge is 2.23. The molecular formula is C15H21N3O. The lowest BCUT2D eigenvalue weighted by atomic mass is 10.2. The van der Waals surface area contributed by atoms with E-state index in [1.54, 1.807) is 0 Å². The number of aromatic nitrogens is 1. The van der Waals surface area contributed by atoms with Gasteiger partial charge in [-0.25, -0.2) is 4.98 Å². The molecule has 1 unspecified atom stereocenters. The summed E-state index contributed by atoms with van der Waals surface area (Å²) in [6.07, 6.45) is 1.20. The Kier molecular flexibility index (Phi) is 3.19. The standard InChI is InChI=1S/C15H21N3O/c1-10(2)18-7-6-13(9-18)17-12-4-5-15-14(8-12)16-11(3)19-15/h4-5,8,10,13,17H,6-7,9H2,1-3H3. The molecule has 102 valence electrons. The molecule has 2 aromatic rings. The number of aryl methyl sites for hydroxylation is 1. The Balaban J connectivity index is 1.71. The minimum absolute atomic E-state index is 0.535. The predicted octanol–water partition coefficient (Wildman–Crippen LogP) is 3.03. The second kappa shape index (κ2) is 4.85. The predicted molar refractivity (Wildman–Crippen MR) is 77.5 cm³/mol. The first kappa shape index (κ1) is 12.5. The fourth-order valence-corrected chi connectivity index (χ4v) is 2.74. The Morgan fingerprint density at radius 1 is 1.42 bits per heavy atom. The normalized spacial score (nSPS) is 20.5.